The van der Waals surface area contributed by atoms with Crippen molar-refractivity contribution in [2.45, 2.75) is 11.5 Å². The van der Waals surface area contributed by atoms with Gasteiger partial charge in [-0.1, -0.05) is 30.0 Å². The molecule has 0 saturated carbocycles. The van der Waals surface area contributed by atoms with Crippen molar-refractivity contribution in [1.82, 2.24) is 0 Å². The third-order valence-corrected chi connectivity index (χ3v) is 6.09. The second-order valence-electron chi connectivity index (χ2n) is 6.34. The third kappa shape index (κ3) is 4.26. The second-order valence-corrected chi connectivity index (χ2v) is 8.28. The normalized spacial score (nSPS) is 14.1. The molecule has 4 rings (SSSR count). The maximum absolute atomic E-state index is 12.5. The zero-order valence-corrected chi connectivity index (χ0v) is 17.4. The number of benzene rings is 3. The highest BCUT2D eigenvalue weighted by molar-refractivity contribution is 9.10. The molecule has 3 aromatic rings. The van der Waals surface area contributed by atoms with E-state index in [2.05, 4.69) is 15.9 Å². The summed E-state index contributed by atoms with van der Waals surface area (Å²) in [5.74, 6) is 0.694. The Hall–Kier alpha value is -2.90. The second kappa shape index (κ2) is 8.23. The Morgan fingerprint density at radius 2 is 1.83 bits per heavy atom. The summed E-state index contributed by atoms with van der Waals surface area (Å²) >= 11 is 4.99. The van der Waals surface area contributed by atoms with Crippen LogP contribution in [-0.4, -0.2) is 10.7 Å². The molecule has 1 heterocycles. The number of halogens is 1. The summed E-state index contributed by atoms with van der Waals surface area (Å²) in [5.41, 5.74) is 2.52. The first kappa shape index (κ1) is 19.4. The number of thioether (sulfide) groups is 1. The van der Waals surface area contributed by atoms with Crippen LogP contribution in [0.25, 0.3) is 6.08 Å². The van der Waals surface area contributed by atoms with E-state index in [0.717, 1.165) is 26.1 Å². The van der Waals surface area contributed by atoms with E-state index in [1.807, 2.05) is 48.5 Å². The van der Waals surface area contributed by atoms with Gasteiger partial charge < -0.3 is 4.74 Å². The van der Waals surface area contributed by atoms with Gasteiger partial charge in [0.2, 0.25) is 5.78 Å². The Labute approximate surface area is 179 Å². The standard InChI is InChI=1S/C22H14BrNO4S/c23-18-11-15(12-21-22(25)17-3-1-2-4-20(17)29-21)7-10-19(18)28-13-14-5-8-16(9-6-14)24(26)27/h1-12H,13H2/b21-12-. The topological polar surface area (TPSA) is 69.4 Å². The number of nitro benzene ring substituents is 1. The van der Waals surface area contributed by atoms with Crippen LogP contribution in [0.2, 0.25) is 0 Å². The number of hydrogen-bond acceptors (Lipinski definition) is 5. The molecule has 3 aromatic carbocycles. The fourth-order valence-corrected chi connectivity index (χ4v) is 4.45. The molecule has 0 unspecified atom stereocenters. The van der Waals surface area contributed by atoms with E-state index >= 15 is 0 Å². The van der Waals surface area contributed by atoms with Gasteiger partial charge >= 0.3 is 0 Å². The van der Waals surface area contributed by atoms with Gasteiger partial charge in [-0.05, 0) is 69.5 Å². The van der Waals surface area contributed by atoms with Gasteiger partial charge in [0.1, 0.15) is 12.4 Å². The Bertz CT molecular complexity index is 1140. The van der Waals surface area contributed by atoms with Gasteiger partial charge in [-0.2, -0.15) is 0 Å². The summed E-state index contributed by atoms with van der Waals surface area (Å²) in [4.78, 5) is 24.5. The highest BCUT2D eigenvalue weighted by Crippen LogP contribution is 2.41. The van der Waals surface area contributed by atoms with Crippen LogP contribution in [0, 0.1) is 10.1 Å². The largest absolute Gasteiger partial charge is 0.488 e. The number of nitro groups is 1. The summed E-state index contributed by atoms with van der Waals surface area (Å²) in [6, 6.07) is 19.5. The lowest BCUT2D eigenvalue weighted by atomic mass is 10.1. The number of nitrogens with zero attached hydrogens (tertiary/aromatic N) is 1. The highest BCUT2D eigenvalue weighted by atomic mass is 79.9. The molecule has 0 aromatic heterocycles. The molecule has 1 aliphatic rings. The summed E-state index contributed by atoms with van der Waals surface area (Å²) in [7, 11) is 0. The number of non-ortho nitro benzene ring substituents is 1. The average Bonchev–Trinajstić information content (AvgIpc) is 3.03. The Morgan fingerprint density at radius 1 is 1.07 bits per heavy atom. The number of rotatable bonds is 5. The molecule has 0 radical (unpaired) electrons. The summed E-state index contributed by atoms with van der Waals surface area (Å²) in [5, 5.41) is 10.7. The molecule has 1 aliphatic heterocycles. The maximum Gasteiger partial charge on any atom is 0.269 e. The molecule has 0 atom stereocenters. The summed E-state index contributed by atoms with van der Waals surface area (Å²) < 4.78 is 6.58. The summed E-state index contributed by atoms with van der Waals surface area (Å²) in [6.45, 7) is 0.292. The Morgan fingerprint density at radius 3 is 2.52 bits per heavy atom. The lowest BCUT2D eigenvalue weighted by Gasteiger charge is -2.09. The minimum absolute atomic E-state index is 0.0419. The van der Waals surface area contributed by atoms with Crippen molar-refractivity contribution in [3.05, 3.63) is 103 Å². The Kier molecular flexibility index (Phi) is 5.51. The predicted molar refractivity (Wildman–Crippen MR) is 116 cm³/mol. The number of ether oxygens (including phenoxy) is 1. The first-order valence-corrected chi connectivity index (χ1v) is 10.3. The molecule has 29 heavy (non-hydrogen) atoms. The van der Waals surface area contributed by atoms with Crippen LogP contribution in [0.4, 0.5) is 5.69 Å². The molecule has 0 spiro atoms. The first-order valence-electron chi connectivity index (χ1n) is 8.70. The quantitative estimate of drug-likeness (QED) is 0.251. The monoisotopic (exact) mass is 467 g/mol. The Balaban J connectivity index is 1.46. The van der Waals surface area contributed by atoms with Crippen molar-refractivity contribution < 1.29 is 14.5 Å². The molecular formula is C22H14BrNO4S. The molecule has 0 bridgehead atoms. The van der Waals surface area contributed by atoms with Crippen molar-refractivity contribution in [2.24, 2.45) is 0 Å². The number of carbonyl (C=O) groups is 1. The first-order chi connectivity index (χ1) is 14.0. The number of allylic oxidation sites excluding steroid dienone is 1. The van der Waals surface area contributed by atoms with Crippen LogP contribution < -0.4 is 4.74 Å². The fraction of sp³-hybridized carbons (Fsp3) is 0.0455. The van der Waals surface area contributed by atoms with Crippen molar-refractivity contribution >= 4 is 45.2 Å². The fourth-order valence-electron chi connectivity index (χ4n) is 2.89. The molecule has 0 saturated heterocycles. The van der Waals surface area contributed by atoms with E-state index in [1.54, 1.807) is 12.1 Å². The van der Waals surface area contributed by atoms with Crippen molar-refractivity contribution in [2.75, 3.05) is 0 Å². The lowest BCUT2D eigenvalue weighted by Crippen LogP contribution is -1.97. The van der Waals surface area contributed by atoms with Crippen LogP contribution in [-0.2, 0) is 6.61 Å². The molecular weight excluding hydrogens is 454 g/mol. The van der Waals surface area contributed by atoms with Gasteiger partial charge in [-0.3, -0.25) is 14.9 Å². The predicted octanol–water partition coefficient (Wildman–Crippen LogP) is 6.27. The average molecular weight is 468 g/mol. The van der Waals surface area contributed by atoms with E-state index in [9.17, 15) is 14.9 Å². The molecule has 5 nitrogen and oxygen atoms in total. The van der Waals surface area contributed by atoms with Crippen LogP contribution >= 0.6 is 27.7 Å². The van der Waals surface area contributed by atoms with Crippen molar-refractivity contribution in [3.8, 4) is 5.75 Å². The molecule has 0 amide bonds. The van der Waals surface area contributed by atoms with Crippen molar-refractivity contribution in [1.29, 1.82) is 0 Å². The molecule has 0 N–H and O–H groups in total. The molecule has 7 heteroatoms. The van der Waals surface area contributed by atoms with Crippen molar-refractivity contribution in [3.63, 3.8) is 0 Å². The van der Waals surface area contributed by atoms with Gasteiger partial charge in [0.25, 0.3) is 5.69 Å². The zero-order valence-electron chi connectivity index (χ0n) is 15.0. The smallest absolute Gasteiger partial charge is 0.269 e. The minimum atomic E-state index is -0.430. The third-order valence-electron chi connectivity index (χ3n) is 4.37. The highest BCUT2D eigenvalue weighted by Gasteiger charge is 2.25. The molecule has 0 fully saturated rings. The number of Topliss-reactive ketones (excluding diaryl/α,β-unsaturated/α-hetero) is 1. The molecule has 0 aliphatic carbocycles. The number of ketones is 1. The van der Waals surface area contributed by atoms with Gasteiger partial charge in [-0.15, -0.1) is 0 Å². The van der Waals surface area contributed by atoms with Gasteiger partial charge in [0.05, 0.1) is 14.3 Å². The SMILES string of the molecule is O=C1/C(=C/c2ccc(OCc3ccc([N+](=O)[O-])cc3)c(Br)c2)Sc2ccccc21. The van der Waals surface area contributed by atoms with E-state index in [0.29, 0.717) is 17.3 Å². The number of hydrogen-bond donors (Lipinski definition) is 0. The number of fused-ring (bicyclic) bond motifs is 1. The van der Waals surface area contributed by atoms with E-state index in [-0.39, 0.29) is 11.5 Å². The van der Waals surface area contributed by atoms with Gasteiger partial charge in [0, 0.05) is 22.6 Å². The van der Waals surface area contributed by atoms with E-state index < -0.39 is 4.92 Å². The van der Waals surface area contributed by atoms with E-state index in [1.165, 1.54) is 23.9 Å². The van der Waals surface area contributed by atoms with Crippen LogP contribution in [0.1, 0.15) is 21.5 Å². The minimum Gasteiger partial charge on any atom is -0.488 e. The van der Waals surface area contributed by atoms with Crippen LogP contribution in [0.5, 0.6) is 5.75 Å². The van der Waals surface area contributed by atoms with Gasteiger partial charge in [0.15, 0.2) is 0 Å². The zero-order chi connectivity index (χ0) is 20.4. The number of carbonyl (C=O) groups excluding carboxylic acids is 1. The lowest BCUT2D eigenvalue weighted by molar-refractivity contribution is -0.384. The van der Waals surface area contributed by atoms with Crippen LogP contribution in [0.3, 0.4) is 0 Å². The maximum atomic E-state index is 12.5. The van der Waals surface area contributed by atoms with E-state index in [4.69, 9.17) is 4.74 Å². The van der Waals surface area contributed by atoms with Crippen LogP contribution in [0.15, 0.2) is 81.0 Å². The summed E-state index contributed by atoms with van der Waals surface area (Å²) in [6.07, 6.45) is 1.87. The van der Waals surface area contributed by atoms with Gasteiger partial charge in [-0.25, -0.2) is 0 Å². The molecule has 144 valence electrons.